The first-order chi connectivity index (χ1) is 8.22. The minimum Gasteiger partial charge on any atom is -0.496 e. The lowest BCUT2D eigenvalue weighted by Crippen LogP contribution is -2.15. The van der Waals surface area contributed by atoms with Crippen LogP contribution in [-0.4, -0.2) is 18.3 Å². The fourth-order valence-electron chi connectivity index (χ4n) is 2.19. The highest BCUT2D eigenvalue weighted by Gasteiger charge is 2.23. The van der Waals surface area contributed by atoms with Gasteiger partial charge < -0.3 is 15.2 Å². The number of rotatable bonds is 6. The van der Waals surface area contributed by atoms with E-state index in [1.165, 1.54) is 19.3 Å². The Hall–Kier alpha value is -1.22. The van der Waals surface area contributed by atoms with Crippen molar-refractivity contribution in [1.82, 2.24) is 0 Å². The summed E-state index contributed by atoms with van der Waals surface area (Å²) in [6, 6.07) is 6.35. The van der Waals surface area contributed by atoms with E-state index in [1.54, 1.807) is 7.11 Å². The second kappa shape index (κ2) is 5.41. The van der Waals surface area contributed by atoms with Crippen LogP contribution >= 0.6 is 0 Å². The first-order valence-corrected chi connectivity index (χ1v) is 6.27. The van der Waals surface area contributed by atoms with Crippen LogP contribution in [0.25, 0.3) is 0 Å². The van der Waals surface area contributed by atoms with Gasteiger partial charge in [-0.2, -0.15) is 0 Å². The lowest BCUT2D eigenvalue weighted by molar-refractivity contribution is 0.274. The first-order valence-electron chi connectivity index (χ1n) is 6.27. The number of aliphatic hydroxyl groups excluding tert-OH is 1. The highest BCUT2D eigenvalue weighted by atomic mass is 16.5. The number of aliphatic hydroxyl groups is 1. The van der Waals surface area contributed by atoms with Crippen LogP contribution in [0.1, 0.15) is 31.7 Å². The van der Waals surface area contributed by atoms with Gasteiger partial charge in [0.25, 0.3) is 0 Å². The van der Waals surface area contributed by atoms with Gasteiger partial charge in [0.1, 0.15) is 5.75 Å². The van der Waals surface area contributed by atoms with Gasteiger partial charge in [0, 0.05) is 17.3 Å². The minimum absolute atomic E-state index is 0.00962. The molecule has 1 aliphatic carbocycles. The molecule has 2 rings (SSSR count). The van der Waals surface area contributed by atoms with Crippen molar-refractivity contribution in [2.24, 2.45) is 5.92 Å². The smallest absolute Gasteiger partial charge is 0.124 e. The fourth-order valence-corrected chi connectivity index (χ4v) is 2.19. The van der Waals surface area contributed by atoms with Crippen LogP contribution in [-0.2, 0) is 6.61 Å². The summed E-state index contributed by atoms with van der Waals surface area (Å²) in [4.78, 5) is 0. The molecular formula is C14H21NO2. The largest absolute Gasteiger partial charge is 0.496 e. The minimum atomic E-state index is 0.00962. The Balaban J connectivity index is 1.99. The van der Waals surface area contributed by atoms with Gasteiger partial charge >= 0.3 is 0 Å². The van der Waals surface area contributed by atoms with E-state index in [-0.39, 0.29) is 6.61 Å². The molecule has 0 amide bonds. The zero-order valence-electron chi connectivity index (χ0n) is 10.6. The van der Waals surface area contributed by atoms with Crippen LogP contribution in [0.15, 0.2) is 18.2 Å². The maximum atomic E-state index is 9.26. The topological polar surface area (TPSA) is 41.5 Å². The molecule has 0 aromatic heterocycles. The monoisotopic (exact) mass is 235 g/mol. The van der Waals surface area contributed by atoms with Gasteiger partial charge in [0.2, 0.25) is 0 Å². The lowest BCUT2D eigenvalue weighted by Gasteiger charge is -2.16. The van der Waals surface area contributed by atoms with Crippen molar-refractivity contribution in [3.63, 3.8) is 0 Å². The van der Waals surface area contributed by atoms with Crippen LogP contribution in [0, 0.1) is 5.92 Å². The van der Waals surface area contributed by atoms with E-state index in [0.29, 0.717) is 6.04 Å². The molecule has 1 atom stereocenters. The van der Waals surface area contributed by atoms with Crippen molar-refractivity contribution >= 4 is 5.69 Å². The molecule has 1 fully saturated rings. The van der Waals surface area contributed by atoms with Crippen LogP contribution in [0.4, 0.5) is 5.69 Å². The molecule has 17 heavy (non-hydrogen) atoms. The number of anilines is 1. The van der Waals surface area contributed by atoms with Crippen LogP contribution in [0.5, 0.6) is 5.75 Å². The summed E-state index contributed by atoms with van der Waals surface area (Å²) in [5.74, 6) is 1.67. The van der Waals surface area contributed by atoms with E-state index in [4.69, 9.17) is 4.74 Å². The SMILES string of the molecule is COc1ccc(NC(C)CC2CC2)cc1CO. The van der Waals surface area contributed by atoms with Gasteiger partial charge in [-0.15, -0.1) is 0 Å². The second-order valence-corrected chi connectivity index (χ2v) is 4.91. The van der Waals surface area contributed by atoms with E-state index in [1.807, 2.05) is 18.2 Å². The molecule has 1 aromatic rings. The normalized spacial score (nSPS) is 16.6. The number of methoxy groups -OCH3 is 1. The lowest BCUT2D eigenvalue weighted by atomic mass is 10.1. The van der Waals surface area contributed by atoms with E-state index in [2.05, 4.69) is 12.2 Å². The Morgan fingerprint density at radius 3 is 2.82 bits per heavy atom. The average molecular weight is 235 g/mol. The fraction of sp³-hybridized carbons (Fsp3) is 0.571. The van der Waals surface area contributed by atoms with Gasteiger partial charge in [-0.1, -0.05) is 12.8 Å². The Bertz CT molecular complexity index is 374. The summed E-state index contributed by atoms with van der Waals surface area (Å²) in [5, 5.41) is 12.7. The molecule has 0 radical (unpaired) electrons. The van der Waals surface area contributed by atoms with Gasteiger partial charge in [-0.05, 0) is 37.5 Å². The summed E-state index contributed by atoms with van der Waals surface area (Å²) in [6.45, 7) is 2.22. The molecule has 0 heterocycles. The molecule has 1 aliphatic rings. The van der Waals surface area contributed by atoms with E-state index >= 15 is 0 Å². The number of hydrogen-bond donors (Lipinski definition) is 2. The van der Waals surface area contributed by atoms with E-state index in [0.717, 1.165) is 22.9 Å². The van der Waals surface area contributed by atoms with E-state index < -0.39 is 0 Å². The highest BCUT2D eigenvalue weighted by Crippen LogP contribution is 2.34. The maximum absolute atomic E-state index is 9.26. The number of benzene rings is 1. The zero-order chi connectivity index (χ0) is 12.3. The van der Waals surface area contributed by atoms with Crippen molar-refractivity contribution in [2.75, 3.05) is 12.4 Å². The molecule has 0 spiro atoms. The van der Waals surface area contributed by atoms with Crippen molar-refractivity contribution < 1.29 is 9.84 Å². The zero-order valence-corrected chi connectivity index (χ0v) is 10.6. The molecule has 1 saturated carbocycles. The molecule has 94 valence electrons. The van der Waals surface area contributed by atoms with Gasteiger partial charge in [-0.25, -0.2) is 0 Å². The molecule has 0 aliphatic heterocycles. The highest BCUT2D eigenvalue weighted by molar-refractivity contribution is 5.51. The number of nitrogens with one attached hydrogen (secondary N) is 1. The molecule has 0 saturated heterocycles. The third-order valence-corrected chi connectivity index (χ3v) is 3.25. The summed E-state index contributed by atoms with van der Waals surface area (Å²) >= 11 is 0. The third kappa shape index (κ3) is 3.37. The molecule has 3 nitrogen and oxygen atoms in total. The van der Waals surface area contributed by atoms with Crippen LogP contribution in [0.2, 0.25) is 0 Å². The Labute approximate surface area is 103 Å². The van der Waals surface area contributed by atoms with Gasteiger partial charge in [0.05, 0.1) is 13.7 Å². The third-order valence-electron chi connectivity index (χ3n) is 3.25. The van der Waals surface area contributed by atoms with Crippen molar-refractivity contribution in [2.45, 2.75) is 38.8 Å². The quantitative estimate of drug-likeness (QED) is 0.796. The van der Waals surface area contributed by atoms with Gasteiger partial charge in [-0.3, -0.25) is 0 Å². The Morgan fingerprint density at radius 1 is 1.47 bits per heavy atom. The summed E-state index contributed by atoms with van der Waals surface area (Å²) in [7, 11) is 1.62. The molecule has 3 heteroatoms. The average Bonchev–Trinajstić information content (AvgIpc) is 3.12. The Morgan fingerprint density at radius 2 is 2.24 bits per heavy atom. The van der Waals surface area contributed by atoms with Crippen LogP contribution < -0.4 is 10.1 Å². The summed E-state index contributed by atoms with van der Waals surface area (Å²) in [6.07, 6.45) is 4.01. The number of hydrogen-bond acceptors (Lipinski definition) is 3. The first kappa shape index (κ1) is 12.2. The molecule has 1 aromatic carbocycles. The van der Waals surface area contributed by atoms with E-state index in [9.17, 15) is 5.11 Å². The summed E-state index contributed by atoms with van der Waals surface area (Å²) in [5.41, 5.74) is 1.89. The molecular weight excluding hydrogens is 214 g/mol. The second-order valence-electron chi connectivity index (χ2n) is 4.91. The standard InChI is InChI=1S/C14H21NO2/c1-10(7-11-3-4-11)15-13-5-6-14(17-2)12(8-13)9-16/h5-6,8,10-11,15-16H,3-4,7,9H2,1-2H3. The summed E-state index contributed by atoms with van der Waals surface area (Å²) < 4.78 is 5.18. The Kier molecular flexibility index (Phi) is 3.89. The molecule has 1 unspecified atom stereocenters. The van der Waals surface area contributed by atoms with Crippen molar-refractivity contribution in [3.05, 3.63) is 23.8 Å². The predicted octanol–water partition coefficient (Wildman–Crippen LogP) is 2.79. The molecule has 2 N–H and O–H groups in total. The van der Waals surface area contributed by atoms with Crippen molar-refractivity contribution in [1.29, 1.82) is 0 Å². The van der Waals surface area contributed by atoms with Gasteiger partial charge in [0.15, 0.2) is 0 Å². The van der Waals surface area contributed by atoms with Crippen LogP contribution in [0.3, 0.4) is 0 Å². The molecule has 0 bridgehead atoms. The predicted molar refractivity (Wildman–Crippen MR) is 69.3 cm³/mol. The van der Waals surface area contributed by atoms with Crippen molar-refractivity contribution in [3.8, 4) is 5.75 Å². The maximum Gasteiger partial charge on any atom is 0.124 e. The number of ether oxygens (including phenoxy) is 1.